The lowest BCUT2D eigenvalue weighted by atomic mass is 9.73. The second kappa shape index (κ2) is 8.75. The third-order valence-electron chi connectivity index (χ3n) is 7.29. The molecule has 3 aliphatic rings. The van der Waals surface area contributed by atoms with E-state index in [2.05, 4.69) is 20.9 Å². The van der Waals surface area contributed by atoms with Crippen molar-refractivity contribution in [1.82, 2.24) is 9.88 Å². The van der Waals surface area contributed by atoms with Gasteiger partial charge < -0.3 is 22.1 Å². The standard InChI is InChI=1S/C24H26Cl2N6OS/c1-12-18(33)19(34-16-4-7-30-21(28)17(16)26)22(29)31-23(12)32-8-5-24(6-9-32)11-13-2-3-14(25)10-15(13)20(24)27/h2-4,7,10,12,20H,5-6,8-9,11,27,29H2,1H3,(H2,28,30)/t12-,20?/m1/s1. The molecule has 0 amide bonds. The van der Waals surface area contributed by atoms with Crippen molar-refractivity contribution in [2.24, 2.45) is 27.8 Å². The Labute approximate surface area is 212 Å². The number of rotatable bonds is 2. The summed E-state index contributed by atoms with van der Waals surface area (Å²) in [4.78, 5) is 25.1. The topological polar surface area (TPSA) is 124 Å². The molecule has 1 fully saturated rings. The van der Waals surface area contributed by atoms with Crippen LogP contribution >= 0.6 is 35.0 Å². The van der Waals surface area contributed by atoms with E-state index in [1.807, 2.05) is 19.1 Å². The Morgan fingerprint density at radius 1 is 1.18 bits per heavy atom. The monoisotopic (exact) mass is 516 g/mol. The quantitative estimate of drug-likeness (QED) is 0.547. The van der Waals surface area contributed by atoms with Crippen LogP contribution in [-0.4, -0.2) is 34.6 Å². The fourth-order valence-corrected chi connectivity index (χ4v) is 6.67. The number of nitrogens with zero attached hydrogens (tertiary/aromatic N) is 3. The van der Waals surface area contributed by atoms with Crippen molar-refractivity contribution in [3.05, 3.63) is 62.4 Å². The maximum absolute atomic E-state index is 13.3. The summed E-state index contributed by atoms with van der Waals surface area (Å²) in [6.45, 7) is 3.42. The van der Waals surface area contributed by atoms with E-state index < -0.39 is 5.92 Å². The highest BCUT2D eigenvalue weighted by molar-refractivity contribution is 8.04. The number of likely N-dealkylation sites (tertiary alicyclic amines) is 1. The van der Waals surface area contributed by atoms with Crippen LogP contribution in [0, 0.1) is 11.3 Å². The van der Waals surface area contributed by atoms with Crippen molar-refractivity contribution in [2.75, 3.05) is 18.8 Å². The first-order valence-corrected chi connectivity index (χ1v) is 12.8. The number of carbonyl (C=O) groups is 1. The number of aliphatic imine (C=N–C) groups is 1. The molecule has 1 saturated heterocycles. The number of amidine groups is 1. The number of pyridine rings is 1. The second-order valence-electron chi connectivity index (χ2n) is 9.23. The number of hydrogen-bond acceptors (Lipinski definition) is 8. The molecular weight excluding hydrogens is 491 g/mol. The number of fused-ring (bicyclic) bond motifs is 1. The number of allylic oxidation sites excluding steroid dienone is 1. The average Bonchev–Trinajstić information content (AvgIpc) is 3.08. The predicted octanol–water partition coefficient (Wildman–Crippen LogP) is 4.15. The van der Waals surface area contributed by atoms with E-state index in [0.717, 1.165) is 42.9 Å². The Kier molecular flexibility index (Phi) is 6.04. The number of nitrogens with two attached hydrogens (primary N) is 3. The third-order valence-corrected chi connectivity index (χ3v) is 9.21. The average molecular weight is 517 g/mol. The van der Waals surface area contributed by atoms with Crippen molar-refractivity contribution in [3.63, 3.8) is 0 Å². The second-order valence-corrected chi connectivity index (χ2v) is 11.1. The lowest BCUT2D eigenvalue weighted by molar-refractivity contribution is -0.116. The SMILES string of the molecule is C[C@@H]1C(=O)C(Sc2ccnc(N)c2Cl)=C(N)N=C1N1CCC2(CC1)Cc1ccc(Cl)cc1C2N. The van der Waals surface area contributed by atoms with Crippen LogP contribution in [0.5, 0.6) is 0 Å². The Morgan fingerprint density at radius 2 is 1.91 bits per heavy atom. The summed E-state index contributed by atoms with van der Waals surface area (Å²) in [7, 11) is 0. The minimum atomic E-state index is -0.407. The number of Topliss-reactive ketones (excluding diaryl/α,β-unsaturated/α-hetero) is 1. The van der Waals surface area contributed by atoms with E-state index in [0.29, 0.717) is 20.7 Å². The van der Waals surface area contributed by atoms with Crippen molar-refractivity contribution in [3.8, 4) is 0 Å². The molecular formula is C24H26Cl2N6OS. The van der Waals surface area contributed by atoms with Gasteiger partial charge >= 0.3 is 0 Å². The van der Waals surface area contributed by atoms with E-state index in [1.54, 1.807) is 12.3 Å². The molecule has 0 bridgehead atoms. The molecule has 1 unspecified atom stereocenters. The summed E-state index contributed by atoms with van der Waals surface area (Å²) in [6, 6.07) is 7.70. The van der Waals surface area contributed by atoms with Gasteiger partial charge in [-0.05, 0) is 60.9 Å². The van der Waals surface area contributed by atoms with Gasteiger partial charge in [-0.3, -0.25) is 4.79 Å². The van der Waals surface area contributed by atoms with Gasteiger partial charge in [0, 0.05) is 35.2 Å². The fraction of sp³-hybridized carbons (Fsp3) is 0.375. The van der Waals surface area contributed by atoms with Gasteiger partial charge in [0.1, 0.15) is 17.5 Å². The number of halogens is 2. The van der Waals surface area contributed by atoms with E-state index in [1.165, 1.54) is 17.3 Å². The van der Waals surface area contributed by atoms with Crippen LogP contribution in [0.4, 0.5) is 5.82 Å². The zero-order chi connectivity index (χ0) is 24.2. The molecule has 0 saturated carbocycles. The van der Waals surface area contributed by atoms with Crippen LogP contribution in [0.3, 0.4) is 0 Å². The molecule has 6 N–H and O–H groups in total. The van der Waals surface area contributed by atoms with Crippen LogP contribution < -0.4 is 17.2 Å². The summed E-state index contributed by atoms with van der Waals surface area (Å²) in [5.74, 6) is 0.653. The van der Waals surface area contributed by atoms with E-state index in [4.69, 9.17) is 40.4 Å². The summed E-state index contributed by atoms with van der Waals surface area (Å²) in [6.07, 6.45) is 4.33. The smallest absolute Gasteiger partial charge is 0.183 e. The number of carbonyl (C=O) groups excluding carboxylic acids is 1. The molecule has 10 heteroatoms. The van der Waals surface area contributed by atoms with Crippen LogP contribution in [0.2, 0.25) is 10.0 Å². The molecule has 1 aliphatic carbocycles. The number of ketones is 1. The molecule has 2 aliphatic heterocycles. The molecule has 3 heterocycles. The van der Waals surface area contributed by atoms with Gasteiger partial charge in [-0.25, -0.2) is 9.98 Å². The van der Waals surface area contributed by atoms with E-state index in [-0.39, 0.29) is 28.9 Å². The first kappa shape index (κ1) is 23.5. The Morgan fingerprint density at radius 3 is 2.65 bits per heavy atom. The highest BCUT2D eigenvalue weighted by atomic mass is 35.5. The van der Waals surface area contributed by atoms with Crippen LogP contribution in [-0.2, 0) is 11.2 Å². The zero-order valence-electron chi connectivity index (χ0n) is 18.7. The number of nitrogen functional groups attached to an aromatic ring is 1. The van der Waals surface area contributed by atoms with Crippen LogP contribution in [0.1, 0.15) is 36.9 Å². The molecule has 1 aromatic carbocycles. The first-order valence-electron chi connectivity index (χ1n) is 11.2. The Balaban J connectivity index is 1.35. The third kappa shape index (κ3) is 3.86. The molecule has 5 rings (SSSR count). The van der Waals surface area contributed by atoms with Crippen molar-refractivity contribution in [1.29, 1.82) is 0 Å². The van der Waals surface area contributed by atoms with Crippen molar-refractivity contribution < 1.29 is 4.79 Å². The highest BCUT2D eigenvalue weighted by Gasteiger charge is 2.47. The van der Waals surface area contributed by atoms with E-state index >= 15 is 0 Å². The minimum Gasteiger partial charge on any atom is -0.383 e. The number of piperidine rings is 1. The maximum atomic E-state index is 13.3. The number of anilines is 1. The van der Waals surface area contributed by atoms with Gasteiger partial charge in [0.05, 0.1) is 15.8 Å². The maximum Gasteiger partial charge on any atom is 0.183 e. The number of thioether (sulfide) groups is 1. The lowest BCUT2D eigenvalue weighted by Gasteiger charge is -2.44. The molecule has 7 nitrogen and oxygen atoms in total. The van der Waals surface area contributed by atoms with Gasteiger partial charge in [-0.2, -0.15) is 0 Å². The Hall–Kier alpha value is -2.26. The molecule has 1 aromatic heterocycles. The number of aromatic nitrogens is 1. The zero-order valence-corrected chi connectivity index (χ0v) is 21.1. The fourth-order valence-electron chi connectivity index (χ4n) is 5.29. The number of benzene rings is 1. The molecule has 2 atom stereocenters. The Bertz CT molecular complexity index is 1240. The van der Waals surface area contributed by atoms with Gasteiger partial charge in [0.25, 0.3) is 0 Å². The minimum absolute atomic E-state index is 0.00636. The summed E-state index contributed by atoms with van der Waals surface area (Å²) in [5.41, 5.74) is 21.2. The van der Waals surface area contributed by atoms with Gasteiger partial charge in [-0.1, -0.05) is 41.0 Å². The largest absolute Gasteiger partial charge is 0.383 e. The normalized spacial score (nSPS) is 23.9. The molecule has 34 heavy (non-hydrogen) atoms. The van der Waals surface area contributed by atoms with Crippen molar-refractivity contribution in [2.45, 2.75) is 37.1 Å². The molecule has 0 radical (unpaired) electrons. The van der Waals surface area contributed by atoms with Crippen LogP contribution in [0.15, 0.2) is 51.1 Å². The van der Waals surface area contributed by atoms with Crippen LogP contribution in [0.25, 0.3) is 0 Å². The van der Waals surface area contributed by atoms with Gasteiger partial charge in [0.2, 0.25) is 0 Å². The summed E-state index contributed by atoms with van der Waals surface area (Å²) in [5, 5.41) is 1.03. The van der Waals surface area contributed by atoms with Crippen molar-refractivity contribution >= 4 is 52.4 Å². The van der Waals surface area contributed by atoms with E-state index in [9.17, 15) is 4.79 Å². The first-order chi connectivity index (χ1) is 16.2. The predicted molar refractivity (Wildman–Crippen MR) is 138 cm³/mol. The molecule has 178 valence electrons. The van der Waals surface area contributed by atoms with Gasteiger partial charge in [-0.15, -0.1) is 0 Å². The summed E-state index contributed by atoms with van der Waals surface area (Å²) < 4.78 is 0. The highest BCUT2D eigenvalue weighted by Crippen LogP contribution is 2.51. The molecule has 2 aromatic rings. The van der Waals surface area contributed by atoms with Gasteiger partial charge in [0.15, 0.2) is 5.78 Å². The number of hydrogen-bond donors (Lipinski definition) is 3. The molecule has 1 spiro atoms. The lowest BCUT2D eigenvalue weighted by Crippen LogP contribution is -2.49. The summed E-state index contributed by atoms with van der Waals surface area (Å²) >= 11 is 13.7.